The van der Waals surface area contributed by atoms with Crippen LogP contribution in [0.1, 0.15) is 17.6 Å². The van der Waals surface area contributed by atoms with E-state index in [0.29, 0.717) is 6.61 Å². The monoisotopic (exact) mass is 249 g/mol. The van der Waals surface area contributed by atoms with Crippen molar-refractivity contribution < 1.29 is 4.74 Å². The van der Waals surface area contributed by atoms with E-state index in [4.69, 9.17) is 10.5 Å². The second-order valence-electron chi connectivity index (χ2n) is 3.88. The molecule has 0 bridgehead atoms. The Labute approximate surface area is 104 Å². The minimum absolute atomic E-state index is 0.129. The van der Waals surface area contributed by atoms with Crippen LogP contribution >= 0.6 is 11.3 Å². The van der Waals surface area contributed by atoms with Crippen molar-refractivity contribution >= 4 is 11.3 Å². The molecule has 2 aromatic rings. The van der Waals surface area contributed by atoms with Gasteiger partial charge in [0, 0.05) is 29.7 Å². The fourth-order valence-electron chi connectivity index (χ4n) is 1.42. The largest absolute Gasteiger partial charge is 0.485 e. The van der Waals surface area contributed by atoms with Gasteiger partial charge in [-0.05, 0) is 19.1 Å². The summed E-state index contributed by atoms with van der Waals surface area (Å²) in [5.41, 5.74) is 6.69. The molecular formula is C12H15N3OS. The Kier molecular flexibility index (Phi) is 4.06. The van der Waals surface area contributed by atoms with E-state index >= 15 is 0 Å². The summed E-state index contributed by atoms with van der Waals surface area (Å²) in [6.07, 6.45) is 4.28. The SMILES string of the molecule is CC(N)Cc1ccc(OCc2nccs2)cn1. The molecule has 0 amide bonds. The first-order valence-electron chi connectivity index (χ1n) is 5.45. The second-order valence-corrected chi connectivity index (χ2v) is 4.86. The molecule has 0 aliphatic rings. The topological polar surface area (TPSA) is 61.0 Å². The Hall–Kier alpha value is -1.46. The number of hydrogen-bond acceptors (Lipinski definition) is 5. The van der Waals surface area contributed by atoms with Gasteiger partial charge in [-0.3, -0.25) is 4.98 Å². The lowest BCUT2D eigenvalue weighted by Gasteiger charge is -2.06. The number of rotatable bonds is 5. The van der Waals surface area contributed by atoms with Gasteiger partial charge in [-0.15, -0.1) is 11.3 Å². The maximum absolute atomic E-state index is 5.71. The summed E-state index contributed by atoms with van der Waals surface area (Å²) < 4.78 is 5.56. The first kappa shape index (κ1) is 12.0. The van der Waals surface area contributed by atoms with Crippen molar-refractivity contribution in [2.75, 3.05) is 0 Å². The van der Waals surface area contributed by atoms with E-state index < -0.39 is 0 Å². The molecule has 0 aliphatic carbocycles. The fourth-order valence-corrected chi connectivity index (χ4v) is 1.94. The number of pyridine rings is 1. The molecule has 17 heavy (non-hydrogen) atoms. The van der Waals surface area contributed by atoms with Crippen LogP contribution in [0.3, 0.4) is 0 Å². The predicted molar refractivity (Wildman–Crippen MR) is 68.0 cm³/mol. The number of hydrogen-bond donors (Lipinski definition) is 1. The van der Waals surface area contributed by atoms with Crippen LogP contribution in [0.4, 0.5) is 0 Å². The van der Waals surface area contributed by atoms with Crippen molar-refractivity contribution in [3.63, 3.8) is 0 Å². The van der Waals surface area contributed by atoms with E-state index in [1.54, 1.807) is 23.7 Å². The third-order valence-corrected chi connectivity index (χ3v) is 2.93. The van der Waals surface area contributed by atoms with Crippen LogP contribution < -0.4 is 10.5 Å². The van der Waals surface area contributed by atoms with E-state index in [1.165, 1.54) is 0 Å². The standard InChI is InChI=1S/C12H15N3OS/c1-9(13)6-10-2-3-11(7-15-10)16-8-12-14-4-5-17-12/h2-5,7,9H,6,8,13H2,1H3. The summed E-state index contributed by atoms with van der Waals surface area (Å²) in [6.45, 7) is 2.46. The van der Waals surface area contributed by atoms with Gasteiger partial charge in [-0.1, -0.05) is 0 Å². The number of ether oxygens (including phenoxy) is 1. The van der Waals surface area contributed by atoms with Crippen LogP contribution in [0.2, 0.25) is 0 Å². The second kappa shape index (κ2) is 5.75. The highest BCUT2D eigenvalue weighted by atomic mass is 32.1. The first-order chi connectivity index (χ1) is 8.24. The van der Waals surface area contributed by atoms with Crippen LogP contribution in [-0.4, -0.2) is 16.0 Å². The molecule has 0 saturated heterocycles. The Balaban J connectivity index is 1.89. The quantitative estimate of drug-likeness (QED) is 0.880. The normalized spacial score (nSPS) is 12.4. The summed E-state index contributed by atoms with van der Waals surface area (Å²) in [6, 6.07) is 3.99. The van der Waals surface area contributed by atoms with Crippen molar-refractivity contribution in [1.82, 2.24) is 9.97 Å². The van der Waals surface area contributed by atoms with Crippen molar-refractivity contribution in [3.8, 4) is 5.75 Å². The molecule has 90 valence electrons. The van der Waals surface area contributed by atoms with Gasteiger partial charge < -0.3 is 10.5 Å². The summed E-state index contributed by atoms with van der Waals surface area (Å²) in [5.74, 6) is 0.758. The Morgan fingerprint density at radius 2 is 2.29 bits per heavy atom. The molecule has 2 aromatic heterocycles. The average molecular weight is 249 g/mol. The molecule has 2 rings (SSSR count). The molecule has 2 heterocycles. The minimum atomic E-state index is 0.129. The molecule has 1 unspecified atom stereocenters. The molecule has 1 atom stereocenters. The van der Waals surface area contributed by atoms with E-state index in [0.717, 1.165) is 22.9 Å². The van der Waals surface area contributed by atoms with Gasteiger partial charge in [0.15, 0.2) is 0 Å². The third kappa shape index (κ3) is 3.80. The Morgan fingerprint density at radius 1 is 1.41 bits per heavy atom. The van der Waals surface area contributed by atoms with Crippen molar-refractivity contribution in [2.45, 2.75) is 26.0 Å². The number of nitrogens with zero attached hydrogens (tertiary/aromatic N) is 2. The predicted octanol–water partition coefficient (Wildman–Crippen LogP) is 2.01. The van der Waals surface area contributed by atoms with Crippen molar-refractivity contribution in [2.24, 2.45) is 5.73 Å². The van der Waals surface area contributed by atoms with Crippen LogP contribution in [0, 0.1) is 0 Å². The fraction of sp³-hybridized carbons (Fsp3) is 0.333. The number of nitrogens with two attached hydrogens (primary N) is 1. The molecule has 0 fully saturated rings. The molecular weight excluding hydrogens is 234 g/mol. The van der Waals surface area contributed by atoms with Crippen LogP contribution in [0.15, 0.2) is 29.9 Å². The Morgan fingerprint density at radius 3 is 2.88 bits per heavy atom. The molecule has 5 heteroatoms. The van der Waals surface area contributed by atoms with Gasteiger partial charge in [0.2, 0.25) is 0 Å². The lowest BCUT2D eigenvalue weighted by atomic mass is 10.2. The van der Waals surface area contributed by atoms with Crippen molar-refractivity contribution in [3.05, 3.63) is 40.6 Å². The van der Waals surface area contributed by atoms with E-state index in [-0.39, 0.29) is 6.04 Å². The van der Waals surface area contributed by atoms with Gasteiger partial charge in [0.1, 0.15) is 17.4 Å². The molecule has 0 aliphatic heterocycles. The average Bonchev–Trinajstić information content (AvgIpc) is 2.80. The molecule has 0 saturated carbocycles. The van der Waals surface area contributed by atoms with Gasteiger partial charge in [0.25, 0.3) is 0 Å². The third-order valence-electron chi connectivity index (χ3n) is 2.17. The van der Waals surface area contributed by atoms with Gasteiger partial charge in [0.05, 0.1) is 6.20 Å². The zero-order valence-corrected chi connectivity index (χ0v) is 10.5. The van der Waals surface area contributed by atoms with Gasteiger partial charge in [-0.25, -0.2) is 4.98 Å². The lowest BCUT2D eigenvalue weighted by Crippen LogP contribution is -2.18. The summed E-state index contributed by atoms with van der Waals surface area (Å²) >= 11 is 1.58. The highest BCUT2D eigenvalue weighted by Crippen LogP contribution is 2.13. The van der Waals surface area contributed by atoms with Gasteiger partial charge >= 0.3 is 0 Å². The summed E-state index contributed by atoms with van der Waals surface area (Å²) in [4.78, 5) is 8.44. The smallest absolute Gasteiger partial charge is 0.140 e. The first-order valence-corrected chi connectivity index (χ1v) is 6.33. The maximum Gasteiger partial charge on any atom is 0.140 e. The lowest BCUT2D eigenvalue weighted by molar-refractivity contribution is 0.304. The van der Waals surface area contributed by atoms with E-state index in [9.17, 15) is 0 Å². The highest BCUT2D eigenvalue weighted by molar-refractivity contribution is 7.09. The van der Waals surface area contributed by atoms with Crippen LogP contribution in [0.25, 0.3) is 0 Å². The molecule has 0 radical (unpaired) electrons. The molecule has 4 nitrogen and oxygen atoms in total. The minimum Gasteiger partial charge on any atom is -0.485 e. The number of thiazole rings is 1. The number of aromatic nitrogens is 2. The maximum atomic E-state index is 5.71. The zero-order valence-electron chi connectivity index (χ0n) is 9.67. The summed E-state index contributed by atoms with van der Waals surface area (Å²) in [5, 5.41) is 2.90. The zero-order chi connectivity index (χ0) is 12.1. The highest BCUT2D eigenvalue weighted by Gasteiger charge is 2.01. The van der Waals surface area contributed by atoms with Gasteiger partial charge in [-0.2, -0.15) is 0 Å². The molecule has 2 N–H and O–H groups in total. The van der Waals surface area contributed by atoms with Crippen LogP contribution in [0.5, 0.6) is 5.75 Å². The van der Waals surface area contributed by atoms with E-state index in [2.05, 4.69) is 9.97 Å². The summed E-state index contributed by atoms with van der Waals surface area (Å²) in [7, 11) is 0. The Bertz CT molecular complexity index is 439. The van der Waals surface area contributed by atoms with Crippen molar-refractivity contribution in [1.29, 1.82) is 0 Å². The van der Waals surface area contributed by atoms with E-state index in [1.807, 2.05) is 24.4 Å². The molecule has 0 aromatic carbocycles. The molecule has 0 spiro atoms. The van der Waals surface area contributed by atoms with Crippen LogP contribution in [-0.2, 0) is 13.0 Å².